The van der Waals surface area contributed by atoms with Crippen LogP contribution in [0.3, 0.4) is 0 Å². The predicted molar refractivity (Wildman–Crippen MR) is 83.2 cm³/mol. The quantitative estimate of drug-likeness (QED) is 0.744. The Morgan fingerprint density at radius 3 is 2.84 bits per heavy atom. The average molecular weight is 372 g/mol. The molecule has 0 atom stereocenters. The molecule has 0 aliphatic carbocycles. The van der Waals surface area contributed by atoms with E-state index >= 15 is 0 Å². The van der Waals surface area contributed by atoms with Crippen LogP contribution in [0.4, 0.5) is 5.13 Å². The highest BCUT2D eigenvalue weighted by Crippen LogP contribution is 2.32. The van der Waals surface area contributed by atoms with Crippen LogP contribution < -0.4 is 5.32 Å². The van der Waals surface area contributed by atoms with E-state index in [1.54, 1.807) is 22.9 Å². The molecule has 4 nitrogen and oxygen atoms in total. The van der Waals surface area contributed by atoms with Gasteiger partial charge in [-0.05, 0) is 22.0 Å². The summed E-state index contributed by atoms with van der Waals surface area (Å²) in [5.41, 5.74) is 0.416. The van der Waals surface area contributed by atoms with Crippen molar-refractivity contribution < 1.29 is 4.79 Å². The van der Waals surface area contributed by atoms with Gasteiger partial charge in [-0.2, -0.15) is 0 Å². The number of amides is 1. The Balaban J connectivity index is 1.79. The van der Waals surface area contributed by atoms with E-state index < -0.39 is 0 Å². The summed E-state index contributed by atoms with van der Waals surface area (Å²) in [6.45, 7) is 0. The van der Waals surface area contributed by atoms with Crippen LogP contribution in [0.25, 0.3) is 9.88 Å². The van der Waals surface area contributed by atoms with Gasteiger partial charge in [-0.1, -0.05) is 0 Å². The van der Waals surface area contributed by atoms with Gasteiger partial charge in [0.05, 0.1) is 4.88 Å². The maximum Gasteiger partial charge on any atom is 0.276 e. The highest BCUT2D eigenvalue weighted by Gasteiger charge is 2.13. The molecule has 0 saturated carbocycles. The first-order chi connectivity index (χ1) is 9.22. The van der Waals surface area contributed by atoms with Gasteiger partial charge in [-0.25, -0.2) is 9.97 Å². The molecule has 3 aromatic rings. The van der Waals surface area contributed by atoms with Crippen LogP contribution in [0, 0.1) is 0 Å². The van der Waals surface area contributed by atoms with E-state index in [0.29, 0.717) is 10.8 Å². The smallest absolute Gasteiger partial charge is 0.276 e. The predicted octanol–water partition coefficient (Wildman–Crippen LogP) is 4.34. The van der Waals surface area contributed by atoms with E-state index in [0.717, 1.165) is 14.4 Å². The third-order valence-electron chi connectivity index (χ3n) is 2.17. The molecule has 0 aliphatic rings. The third kappa shape index (κ3) is 2.92. The lowest BCUT2D eigenvalue weighted by Gasteiger charge is -1.96. The number of anilines is 1. The van der Waals surface area contributed by atoms with Crippen LogP contribution >= 0.6 is 49.9 Å². The van der Waals surface area contributed by atoms with Gasteiger partial charge in [-0.15, -0.1) is 34.0 Å². The van der Waals surface area contributed by atoms with Gasteiger partial charge in [0.2, 0.25) is 0 Å². The summed E-state index contributed by atoms with van der Waals surface area (Å²) in [5, 5.41) is 9.70. The third-order valence-corrected chi connectivity index (χ3v) is 5.56. The molecule has 8 heteroatoms. The van der Waals surface area contributed by atoms with E-state index in [2.05, 4.69) is 31.2 Å². The molecule has 3 rings (SSSR count). The minimum absolute atomic E-state index is 0.229. The second-order valence-corrected chi connectivity index (χ2v) is 7.04. The van der Waals surface area contributed by atoms with Gasteiger partial charge in [0, 0.05) is 26.8 Å². The Morgan fingerprint density at radius 2 is 2.16 bits per heavy atom. The van der Waals surface area contributed by atoms with Gasteiger partial charge < -0.3 is 0 Å². The second kappa shape index (κ2) is 5.49. The minimum Gasteiger partial charge on any atom is -0.296 e. The molecule has 19 heavy (non-hydrogen) atoms. The van der Waals surface area contributed by atoms with Gasteiger partial charge >= 0.3 is 0 Å². The summed E-state index contributed by atoms with van der Waals surface area (Å²) in [4.78, 5) is 21.4. The molecule has 0 bridgehead atoms. The van der Waals surface area contributed by atoms with Crippen LogP contribution in [0.15, 0.2) is 32.9 Å². The number of thiophene rings is 1. The standard InChI is InChI=1S/C11H6BrN3OS3/c12-6-3-8(18-4-6)10-14-7(5-19-10)9(16)15-11-13-1-2-17-11/h1-5H,(H,13,15,16). The van der Waals surface area contributed by atoms with Crippen molar-refractivity contribution in [3.05, 3.63) is 38.6 Å². The topological polar surface area (TPSA) is 54.9 Å². The summed E-state index contributed by atoms with van der Waals surface area (Å²) in [5.74, 6) is -0.229. The molecule has 1 N–H and O–H groups in total. The van der Waals surface area contributed by atoms with Gasteiger partial charge in [-0.3, -0.25) is 10.1 Å². The number of carbonyl (C=O) groups is 1. The highest BCUT2D eigenvalue weighted by atomic mass is 79.9. The Hall–Kier alpha value is -1.09. The maximum atomic E-state index is 12.0. The number of hydrogen-bond donors (Lipinski definition) is 1. The molecule has 0 spiro atoms. The molecule has 0 saturated heterocycles. The fourth-order valence-corrected chi connectivity index (χ4v) is 4.19. The molecular weight excluding hydrogens is 366 g/mol. The van der Waals surface area contributed by atoms with E-state index in [4.69, 9.17) is 0 Å². The molecule has 0 fully saturated rings. The number of aromatic nitrogens is 2. The second-order valence-electron chi connectivity index (χ2n) is 3.46. The first-order valence-corrected chi connectivity index (χ1v) is 8.56. The first kappa shape index (κ1) is 12.9. The number of halogens is 1. The van der Waals surface area contributed by atoms with Crippen LogP contribution in [0.5, 0.6) is 0 Å². The van der Waals surface area contributed by atoms with Crippen molar-refractivity contribution in [3.8, 4) is 9.88 Å². The molecule has 0 radical (unpaired) electrons. The molecule has 1 amide bonds. The van der Waals surface area contributed by atoms with Gasteiger partial charge in [0.15, 0.2) is 5.13 Å². The normalized spacial score (nSPS) is 10.6. The number of hydrogen-bond acceptors (Lipinski definition) is 6. The van der Waals surface area contributed by atoms with Gasteiger partial charge in [0.1, 0.15) is 10.7 Å². The summed E-state index contributed by atoms with van der Waals surface area (Å²) in [7, 11) is 0. The van der Waals surface area contributed by atoms with Crippen LogP contribution in [0.1, 0.15) is 10.5 Å². The first-order valence-electron chi connectivity index (χ1n) is 5.13. The number of thiazole rings is 2. The zero-order valence-electron chi connectivity index (χ0n) is 9.29. The van der Waals surface area contributed by atoms with Gasteiger partial charge in [0.25, 0.3) is 5.91 Å². The van der Waals surface area contributed by atoms with E-state index in [1.165, 1.54) is 22.7 Å². The van der Waals surface area contributed by atoms with E-state index in [1.807, 2.05) is 16.8 Å². The summed E-state index contributed by atoms with van der Waals surface area (Å²) in [6.07, 6.45) is 1.65. The fraction of sp³-hybridized carbons (Fsp3) is 0. The van der Waals surface area contributed by atoms with Crippen LogP contribution in [-0.2, 0) is 0 Å². The molecule has 3 heterocycles. The van der Waals surface area contributed by atoms with Crippen molar-refractivity contribution in [1.82, 2.24) is 9.97 Å². The lowest BCUT2D eigenvalue weighted by atomic mass is 10.4. The Bertz CT molecular complexity index is 704. The van der Waals surface area contributed by atoms with Crippen molar-refractivity contribution in [3.63, 3.8) is 0 Å². The van der Waals surface area contributed by atoms with Crippen LogP contribution in [-0.4, -0.2) is 15.9 Å². The van der Waals surface area contributed by atoms with E-state index in [9.17, 15) is 4.79 Å². The SMILES string of the molecule is O=C(Nc1nccs1)c1csc(-c2cc(Br)cs2)n1. The lowest BCUT2D eigenvalue weighted by molar-refractivity contribution is 0.102. The zero-order chi connectivity index (χ0) is 13.2. The number of nitrogens with zero attached hydrogens (tertiary/aromatic N) is 2. The molecule has 3 aromatic heterocycles. The minimum atomic E-state index is -0.229. The van der Waals surface area contributed by atoms with Crippen molar-refractivity contribution in [2.24, 2.45) is 0 Å². The fourth-order valence-electron chi connectivity index (χ4n) is 1.36. The van der Waals surface area contributed by atoms with Crippen molar-refractivity contribution in [2.45, 2.75) is 0 Å². The average Bonchev–Trinajstić information content (AvgIpc) is 3.07. The monoisotopic (exact) mass is 371 g/mol. The number of nitrogens with one attached hydrogen (secondary N) is 1. The molecule has 0 aliphatic heterocycles. The molecule has 0 aromatic carbocycles. The Labute approximate surface area is 129 Å². The largest absolute Gasteiger partial charge is 0.296 e. The van der Waals surface area contributed by atoms with Crippen LogP contribution in [0.2, 0.25) is 0 Å². The van der Waals surface area contributed by atoms with Crippen molar-refractivity contribution in [1.29, 1.82) is 0 Å². The Kier molecular flexibility index (Phi) is 3.74. The van der Waals surface area contributed by atoms with Crippen molar-refractivity contribution >= 4 is 61.0 Å². The highest BCUT2D eigenvalue weighted by molar-refractivity contribution is 9.10. The summed E-state index contributed by atoms with van der Waals surface area (Å²) < 4.78 is 1.02. The van der Waals surface area contributed by atoms with E-state index in [-0.39, 0.29) is 5.91 Å². The molecule has 0 unspecified atom stereocenters. The molecular formula is C11H6BrN3OS3. The molecule has 96 valence electrons. The summed E-state index contributed by atoms with van der Waals surface area (Å²) in [6, 6.07) is 1.99. The zero-order valence-corrected chi connectivity index (χ0v) is 13.3. The lowest BCUT2D eigenvalue weighted by Crippen LogP contribution is -2.11. The van der Waals surface area contributed by atoms with Crippen molar-refractivity contribution in [2.75, 3.05) is 5.32 Å². The maximum absolute atomic E-state index is 12.0. The summed E-state index contributed by atoms with van der Waals surface area (Å²) >= 11 is 7.84. The number of carbonyl (C=O) groups excluding carboxylic acids is 1. The Morgan fingerprint density at radius 1 is 1.26 bits per heavy atom. The number of rotatable bonds is 3.